The molecular formula is C29H30AcO5S. The van der Waals surface area contributed by atoms with Gasteiger partial charge in [0, 0.05) is 68.0 Å². The van der Waals surface area contributed by atoms with E-state index in [-0.39, 0.29) is 62.5 Å². The van der Waals surface area contributed by atoms with Crippen molar-refractivity contribution in [2.45, 2.75) is 24.5 Å². The molecule has 0 atom stereocenters. The van der Waals surface area contributed by atoms with Gasteiger partial charge in [-0.2, -0.15) is 0 Å². The molecule has 5 nitrogen and oxygen atoms in total. The monoisotopic (exact) mass is 717 g/mol. The number of rotatable bonds is 12. The van der Waals surface area contributed by atoms with Crippen molar-refractivity contribution in [3.8, 4) is 5.75 Å². The first kappa shape index (κ1) is 28.8. The van der Waals surface area contributed by atoms with Crippen LogP contribution in [0.5, 0.6) is 5.75 Å². The van der Waals surface area contributed by atoms with Gasteiger partial charge in [0.05, 0.1) is 12.4 Å². The summed E-state index contributed by atoms with van der Waals surface area (Å²) < 4.78 is 16.6. The van der Waals surface area contributed by atoms with Crippen molar-refractivity contribution < 1.29 is 67.9 Å². The molecule has 1 aromatic heterocycles. The van der Waals surface area contributed by atoms with Crippen LogP contribution in [0.15, 0.2) is 83.3 Å². The molecule has 0 fully saturated rings. The third kappa shape index (κ3) is 7.38. The zero-order valence-corrected chi connectivity index (χ0v) is 26.0. The summed E-state index contributed by atoms with van der Waals surface area (Å²) in [5.74, 6) is 1.82. The van der Waals surface area contributed by atoms with E-state index in [1.165, 1.54) is 18.2 Å². The Bertz CT molecular complexity index is 1190. The molecule has 4 rings (SSSR count). The molecule has 0 aliphatic carbocycles. The van der Waals surface area contributed by atoms with E-state index in [4.69, 9.17) is 9.15 Å². The molecule has 7 heteroatoms. The van der Waals surface area contributed by atoms with E-state index in [2.05, 4.69) is 53.3 Å². The smallest absolute Gasteiger partial charge is 0.343 e. The molecule has 0 saturated heterocycles. The van der Waals surface area contributed by atoms with E-state index < -0.39 is 5.97 Å². The van der Waals surface area contributed by atoms with Gasteiger partial charge in [-0.15, -0.1) is 11.8 Å². The van der Waals surface area contributed by atoms with Crippen molar-refractivity contribution >= 4 is 28.7 Å². The maximum absolute atomic E-state index is 11.6. The van der Waals surface area contributed by atoms with E-state index in [9.17, 15) is 9.90 Å². The molecule has 1 heterocycles. The molecular weight excluding hydrogens is 687 g/mol. The van der Waals surface area contributed by atoms with E-state index in [1.807, 2.05) is 36.0 Å². The van der Waals surface area contributed by atoms with Gasteiger partial charge in [-0.1, -0.05) is 72.8 Å². The fourth-order valence-electron chi connectivity index (χ4n) is 4.14. The van der Waals surface area contributed by atoms with Crippen LogP contribution < -0.4 is 4.74 Å². The molecule has 36 heavy (non-hydrogen) atoms. The average molecular weight is 718 g/mol. The number of aliphatic hydroxyl groups is 1. The van der Waals surface area contributed by atoms with Gasteiger partial charge < -0.3 is 19.0 Å². The number of fused-ring (bicyclic) bond motifs is 1. The molecule has 0 aliphatic rings. The Labute approximate surface area is 252 Å². The van der Waals surface area contributed by atoms with Crippen molar-refractivity contribution in [2.24, 2.45) is 0 Å². The van der Waals surface area contributed by atoms with Crippen LogP contribution in [-0.2, 0) is 22.4 Å². The third-order valence-electron chi connectivity index (χ3n) is 5.84. The fourth-order valence-corrected chi connectivity index (χ4v) is 5.39. The maximum Gasteiger partial charge on any atom is 0.343 e. The average Bonchev–Trinajstić information content (AvgIpc) is 3.27. The number of thioether (sulfide) groups is 1. The number of carbonyl (C=O) groups is 1. The van der Waals surface area contributed by atoms with Gasteiger partial charge in [0.1, 0.15) is 5.76 Å². The molecule has 4 aromatic rings. The van der Waals surface area contributed by atoms with E-state index in [0.717, 1.165) is 28.9 Å². The number of methoxy groups -OCH3 is 1. The number of hydrogen-bond acceptors (Lipinski definition) is 6. The second-order valence-electron chi connectivity index (χ2n) is 8.15. The van der Waals surface area contributed by atoms with Crippen molar-refractivity contribution in [1.29, 1.82) is 0 Å². The standard InChI is InChI=1S/C29H30O5S.Ac/c1-32-27(31)20-33-26-15-8-14-24-23(25(16-9-18-30)34-28(24)26)17-19-35-29(21-10-4-2-5-11-21)22-12-6-3-7-13-22;/h2-8,10-15,29-30H,9,16-20H2,1H3;. The van der Waals surface area contributed by atoms with Crippen LogP contribution in [0.1, 0.15) is 34.1 Å². The summed E-state index contributed by atoms with van der Waals surface area (Å²) in [5, 5.41) is 10.6. The van der Waals surface area contributed by atoms with Crippen LogP contribution >= 0.6 is 11.8 Å². The number of esters is 1. The Balaban J connectivity index is 0.00000361. The summed E-state index contributed by atoms with van der Waals surface area (Å²) in [6, 6.07) is 26.8. The minimum atomic E-state index is -0.446. The molecule has 0 aliphatic heterocycles. The van der Waals surface area contributed by atoms with Crippen molar-refractivity contribution in [3.05, 3.63) is 101 Å². The fraction of sp³-hybridized carbons (Fsp3) is 0.276. The molecule has 0 amide bonds. The third-order valence-corrected chi connectivity index (χ3v) is 7.16. The predicted molar refractivity (Wildman–Crippen MR) is 140 cm³/mol. The topological polar surface area (TPSA) is 68.9 Å². The Morgan fingerprint density at radius 3 is 2.22 bits per heavy atom. The quantitative estimate of drug-likeness (QED) is 0.182. The number of para-hydroxylation sites is 1. The maximum atomic E-state index is 11.6. The van der Waals surface area contributed by atoms with Crippen molar-refractivity contribution in [2.75, 3.05) is 26.1 Å². The Hall–Kier alpha value is -1.78. The largest absolute Gasteiger partial charge is 0.478 e. The first-order chi connectivity index (χ1) is 17.2. The SMILES string of the molecule is COC(=O)COc1cccc2c(CCSC(c3ccccc3)c3ccccc3)c(CCCO)oc12.[Ac]. The number of aliphatic hydroxyl groups excluding tert-OH is 1. The summed E-state index contributed by atoms with van der Waals surface area (Å²) in [6.07, 6.45) is 2.08. The van der Waals surface area contributed by atoms with Gasteiger partial charge in [0.15, 0.2) is 17.9 Å². The van der Waals surface area contributed by atoms with Crippen molar-refractivity contribution in [3.63, 3.8) is 0 Å². The molecule has 0 unspecified atom stereocenters. The molecule has 0 bridgehead atoms. The molecule has 0 spiro atoms. The van der Waals surface area contributed by atoms with Crippen LogP contribution in [0.2, 0.25) is 0 Å². The van der Waals surface area contributed by atoms with E-state index in [0.29, 0.717) is 24.2 Å². The van der Waals surface area contributed by atoms with Crippen LogP contribution in [0.4, 0.5) is 0 Å². The number of benzene rings is 3. The van der Waals surface area contributed by atoms with Gasteiger partial charge in [-0.3, -0.25) is 0 Å². The van der Waals surface area contributed by atoms with E-state index >= 15 is 0 Å². The predicted octanol–water partition coefficient (Wildman–Crippen LogP) is 5.97. The molecule has 1 radical (unpaired) electrons. The molecule has 1 N–H and O–H groups in total. The van der Waals surface area contributed by atoms with Gasteiger partial charge in [-0.05, 0) is 35.8 Å². The van der Waals surface area contributed by atoms with Crippen LogP contribution in [0.3, 0.4) is 0 Å². The Morgan fingerprint density at radius 2 is 1.61 bits per heavy atom. The van der Waals surface area contributed by atoms with Gasteiger partial charge in [0.2, 0.25) is 0 Å². The van der Waals surface area contributed by atoms with Crippen molar-refractivity contribution in [1.82, 2.24) is 0 Å². The minimum Gasteiger partial charge on any atom is -0.478 e. The molecule has 3 aromatic carbocycles. The molecule has 0 saturated carbocycles. The summed E-state index contributed by atoms with van der Waals surface area (Å²) in [5.41, 5.74) is 4.32. The summed E-state index contributed by atoms with van der Waals surface area (Å²) in [4.78, 5) is 11.6. The van der Waals surface area contributed by atoms with Gasteiger partial charge >= 0.3 is 5.97 Å². The molecule has 185 valence electrons. The van der Waals surface area contributed by atoms with Gasteiger partial charge in [0.25, 0.3) is 0 Å². The van der Waals surface area contributed by atoms with Crippen LogP contribution in [-0.4, -0.2) is 37.2 Å². The number of aryl methyl sites for hydroxylation is 2. The number of carbonyl (C=O) groups excluding carboxylic acids is 1. The zero-order valence-electron chi connectivity index (χ0n) is 20.4. The minimum absolute atomic E-state index is 0. The first-order valence-electron chi connectivity index (χ1n) is 11.8. The zero-order chi connectivity index (χ0) is 24.5. The first-order valence-corrected chi connectivity index (χ1v) is 12.8. The number of furan rings is 1. The van der Waals surface area contributed by atoms with Crippen LogP contribution in [0, 0.1) is 44.1 Å². The summed E-state index contributed by atoms with van der Waals surface area (Å²) in [7, 11) is 1.33. The Morgan fingerprint density at radius 1 is 0.944 bits per heavy atom. The second kappa shape index (κ2) is 14.8. The van der Waals surface area contributed by atoms with Gasteiger partial charge in [-0.25, -0.2) is 4.79 Å². The summed E-state index contributed by atoms with van der Waals surface area (Å²) >= 11 is 1.90. The number of ether oxygens (including phenoxy) is 2. The Kier molecular flexibility index (Phi) is 11.9. The summed E-state index contributed by atoms with van der Waals surface area (Å²) in [6.45, 7) is -0.0790. The van der Waals surface area contributed by atoms with Crippen LogP contribution in [0.25, 0.3) is 11.0 Å². The normalized spacial score (nSPS) is 10.9. The second-order valence-corrected chi connectivity index (χ2v) is 9.36. The van der Waals surface area contributed by atoms with E-state index in [1.54, 1.807) is 6.07 Å². The number of hydrogen-bond donors (Lipinski definition) is 1.